The van der Waals surface area contributed by atoms with E-state index >= 15 is 0 Å². The van der Waals surface area contributed by atoms with Gasteiger partial charge in [0.1, 0.15) is 0 Å². The molecule has 1 aliphatic rings. The second-order valence-electron chi connectivity index (χ2n) is 5.83. The van der Waals surface area contributed by atoms with Gasteiger partial charge in [0, 0.05) is 12.1 Å². The van der Waals surface area contributed by atoms with Crippen molar-refractivity contribution in [1.82, 2.24) is 19.2 Å². The average Bonchev–Trinajstić information content (AvgIpc) is 2.81. The number of hydrogen-bond acceptors (Lipinski definition) is 4. The summed E-state index contributed by atoms with van der Waals surface area (Å²) in [6, 6.07) is 0. The molecule has 2 aromatic heterocycles. The van der Waals surface area contributed by atoms with E-state index in [9.17, 15) is 4.79 Å². The smallest absolute Gasteiger partial charge is 0.279 e. The highest BCUT2D eigenvalue weighted by molar-refractivity contribution is 5.40. The van der Waals surface area contributed by atoms with Gasteiger partial charge in [0.05, 0.1) is 5.69 Å². The van der Waals surface area contributed by atoms with Gasteiger partial charge < -0.3 is 5.73 Å². The van der Waals surface area contributed by atoms with Crippen LogP contribution in [0.4, 0.5) is 5.95 Å². The van der Waals surface area contributed by atoms with Gasteiger partial charge in [0.15, 0.2) is 0 Å². The average molecular weight is 289 g/mol. The summed E-state index contributed by atoms with van der Waals surface area (Å²) in [5.41, 5.74) is 7.73. The first-order valence-electron chi connectivity index (χ1n) is 7.99. The molecule has 0 unspecified atom stereocenters. The van der Waals surface area contributed by atoms with Crippen LogP contribution in [0, 0.1) is 0 Å². The number of hydrogen-bond donors (Lipinski definition) is 1. The lowest BCUT2D eigenvalue weighted by Crippen LogP contribution is -2.25. The van der Waals surface area contributed by atoms with Crippen LogP contribution in [-0.2, 0) is 19.4 Å². The van der Waals surface area contributed by atoms with Crippen molar-refractivity contribution in [3.05, 3.63) is 21.6 Å². The Labute approximate surface area is 124 Å². The number of aromatic nitrogens is 4. The molecule has 0 radical (unpaired) electrons. The lowest BCUT2D eigenvalue weighted by molar-refractivity contribution is 0.589. The summed E-state index contributed by atoms with van der Waals surface area (Å²) in [6.07, 6.45) is 8.49. The Hall–Kier alpha value is -1.85. The summed E-state index contributed by atoms with van der Waals surface area (Å²) >= 11 is 0. The van der Waals surface area contributed by atoms with Crippen LogP contribution in [0.25, 0.3) is 5.78 Å². The van der Waals surface area contributed by atoms with Crippen molar-refractivity contribution < 1.29 is 0 Å². The Kier molecular flexibility index (Phi) is 3.94. The predicted octanol–water partition coefficient (Wildman–Crippen LogP) is 1.93. The van der Waals surface area contributed by atoms with Crippen LogP contribution in [-0.4, -0.2) is 19.2 Å². The molecular weight excluding hydrogens is 266 g/mol. The third-order valence-corrected chi connectivity index (χ3v) is 4.27. The number of nitrogens with two attached hydrogens (primary N) is 1. The highest BCUT2D eigenvalue weighted by Gasteiger charge is 2.20. The van der Waals surface area contributed by atoms with E-state index in [1.807, 2.05) is 4.57 Å². The lowest BCUT2D eigenvalue weighted by atomic mass is 9.97. The van der Waals surface area contributed by atoms with E-state index in [1.54, 1.807) is 0 Å². The molecule has 0 spiro atoms. The van der Waals surface area contributed by atoms with Gasteiger partial charge in [-0.25, -0.2) is 4.98 Å². The first kappa shape index (κ1) is 14.1. The van der Waals surface area contributed by atoms with Gasteiger partial charge in [-0.05, 0) is 32.1 Å². The highest BCUT2D eigenvalue weighted by atomic mass is 16.1. The number of nitrogens with zero attached hydrogens (tertiary/aromatic N) is 4. The largest absolute Gasteiger partial charge is 0.368 e. The molecule has 0 fully saturated rings. The molecule has 0 saturated heterocycles. The van der Waals surface area contributed by atoms with Gasteiger partial charge in [-0.1, -0.05) is 26.2 Å². The molecule has 114 valence electrons. The first-order chi connectivity index (χ1) is 10.2. The normalized spacial score (nSPS) is 14.5. The quantitative estimate of drug-likeness (QED) is 0.853. The summed E-state index contributed by atoms with van der Waals surface area (Å²) in [6.45, 7) is 2.97. The van der Waals surface area contributed by atoms with Gasteiger partial charge in [-0.2, -0.15) is 4.52 Å². The molecule has 21 heavy (non-hydrogen) atoms. The molecule has 6 heteroatoms. The molecule has 6 nitrogen and oxygen atoms in total. The van der Waals surface area contributed by atoms with Crippen molar-refractivity contribution in [2.24, 2.45) is 0 Å². The van der Waals surface area contributed by atoms with Gasteiger partial charge in [-0.3, -0.25) is 9.36 Å². The van der Waals surface area contributed by atoms with Crippen molar-refractivity contribution in [3.63, 3.8) is 0 Å². The number of rotatable bonds is 5. The van der Waals surface area contributed by atoms with Crippen molar-refractivity contribution in [1.29, 1.82) is 0 Å². The molecule has 0 bridgehead atoms. The monoisotopic (exact) mass is 289 g/mol. The van der Waals surface area contributed by atoms with Crippen LogP contribution in [0.2, 0.25) is 0 Å². The maximum Gasteiger partial charge on any atom is 0.279 e. The fraction of sp³-hybridized carbons (Fsp3) is 0.667. The zero-order valence-corrected chi connectivity index (χ0v) is 12.6. The minimum atomic E-state index is -0.0336. The summed E-state index contributed by atoms with van der Waals surface area (Å²) in [5, 5.41) is 4.20. The standard InChI is InChI=1S/C15H23N5O/c1-2-3-4-7-10-19-14(16)18-20-13(21)11-8-5-6-9-12(11)17-15(19)20/h2-10H2,1H3,(H2,16,18). The molecule has 2 N–H and O–H groups in total. The van der Waals surface area contributed by atoms with E-state index in [2.05, 4.69) is 17.0 Å². The van der Waals surface area contributed by atoms with Gasteiger partial charge in [0.25, 0.3) is 5.56 Å². The van der Waals surface area contributed by atoms with E-state index in [-0.39, 0.29) is 5.56 Å². The second-order valence-corrected chi connectivity index (χ2v) is 5.83. The van der Waals surface area contributed by atoms with E-state index in [0.717, 1.165) is 56.3 Å². The molecule has 2 heterocycles. The fourth-order valence-corrected chi connectivity index (χ4v) is 3.06. The molecule has 2 aromatic rings. The molecule has 0 atom stereocenters. The Bertz CT molecular complexity index is 700. The summed E-state index contributed by atoms with van der Waals surface area (Å²) < 4.78 is 3.27. The van der Waals surface area contributed by atoms with Crippen molar-refractivity contribution in [2.75, 3.05) is 5.73 Å². The second kappa shape index (κ2) is 5.87. The van der Waals surface area contributed by atoms with Crippen molar-refractivity contribution in [2.45, 2.75) is 64.8 Å². The Morgan fingerprint density at radius 2 is 2.00 bits per heavy atom. The number of aryl methyl sites for hydroxylation is 2. The molecule has 0 aromatic carbocycles. The Morgan fingerprint density at radius 1 is 1.19 bits per heavy atom. The van der Waals surface area contributed by atoms with Crippen LogP contribution in [0.5, 0.6) is 0 Å². The third-order valence-electron chi connectivity index (χ3n) is 4.27. The maximum absolute atomic E-state index is 12.5. The molecule has 0 aliphatic heterocycles. The maximum atomic E-state index is 12.5. The van der Waals surface area contributed by atoms with Gasteiger partial charge in [0.2, 0.25) is 11.7 Å². The third kappa shape index (κ3) is 2.54. The van der Waals surface area contributed by atoms with Crippen LogP contribution in [0.15, 0.2) is 4.79 Å². The zero-order valence-electron chi connectivity index (χ0n) is 12.6. The SMILES string of the molecule is CCCCCCn1c(N)nn2c(=O)c3c(nc12)CCCC3. The number of anilines is 1. The van der Waals surface area contributed by atoms with Crippen molar-refractivity contribution in [3.8, 4) is 0 Å². The minimum absolute atomic E-state index is 0.0336. The molecular formula is C15H23N5O. The number of unbranched alkanes of at least 4 members (excludes halogenated alkanes) is 3. The topological polar surface area (TPSA) is 78.2 Å². The molecule has 0 amide bonds. The highest BCUT2D eigenvalue weighted by Crippen LogP contribution is 2.18. The Morgan fingerprint density at radius 3 is 2.81 bits per heavy atom. The summed E-state index contributed by atoms with van der Waals surface area (Å²) in [4.78, 5) is 17.2. The van der Waals surface area contributed by atoms with E-state index in [1.165, 1.54) is 17.4 Å². The molecule has 0 saturated carbocycles. The first-order valence-corrected chi connectivity index (χ1v) is 7.99. The summed E-state index contributed by atoms with van der Waals surface area (Å²) in [7, 11) is 0. The van der Waals surface area contributed by atoms with Crippen LogP contribution in [0.1, 0.15) is 56.7 Å². The van der Waals surface area contributed by atoms with Gasteiger partial charge >= 0.3 is 0 Å². The zero-order chi connectivity index (χ0) is 14.8. The molecule has 3 rings (SSSR count). The number of nitrogen functional groups attached to an aromatic ring is 1. The van der Waals surface area contributed by atoms with E-state index < -0.39 is 0 Å². The van der Waals surface area contributed by atoms with Crippen LogP contribution in [0.3, 0.4) is 0 Å². The molecule has 1 aliphatic carbocycles. The fourth-order valence-electron chi connectivity index (χ4n) is 3.06. The van der Waals surface area contributed by atoms with E-state index in [4.69, 9.17) is 5.73 Å². The minimum Gasteiger partial charge on any atom is -0.368 e. The predicted molar refractivity (Wildman–Crippen MR) is 82.4 cm³/mol. The van der Waals surface area contributed by atoms with Gasteiger partial charge in [-0.15, -0.1) is 5.10 Å². The lowest BCUT2D eigenvalue weighted by Gasteiger charge is -2.13. The number of fused-ring (bicyclic) bond motifs is 2. The Balaban J connectivity index is 1.99. The van der Waals surface area contributed by atoms with E-state index in [0.29, 0.717) is 11.7 Å². The van der Waals surface area contributed by atoms with Crippen LogP contribution >= 0.6 is 0 Å². The van der Waals surface area contributed by atoms with Crippen LogP contribution < -0.4 is 11.3 Å². The summed E-state index contributed by atoms with van der Waals surface area (Å²) in [5.74, 6) is 0.994. The van der Waals surface area contributed by atoms with Crippen molar-refractivity contribution >= 4 is 11.7 Å².